The molecule has 0 spiro atoms. The van der Waals surface area contributed by atoms with Gasteiger partial charge in [0.05, 0.1) is 6.61 Å². The maximum absolute atomic E-state index is 8.33. The molecule has 0 fully saturated rings. The Morgan fingerprint density at radius 1 is 0.864 bits per heavy atom. The third-order valence-electron chi connectivity index (χ3n) is 2.61. The summed E-state index contributed by atoms with van der Waals surface area (Å²) in [4.78, 5) is 6.53. The Hall–Kier alpha value is -2.79. The van der Waals surface area contributed by atoms with E-state index < -0.39 is 0 Å². The third kappa shape index (κ3) is 4.96. The van der Waals surface area contributed by atoms with Crippen molar-refractivity contribution in [2.45, 2.75) is 4.90 Å². The molecular formula is C14H12N6OS. The predicted molar refractivity (Wildman–Crippen MR) is 86.7 cm³/mol. The molecule has 0 atom stereocenters. The monoisotopic (exact) mass is 312 g/mol. The van der Waals surface area contributed by atoms with Crippen LogP contribution in [0.2, 0.25) is 0 Å². The van der Waals surface area contributed by atoms with Crippen LogP contribution in [0.15, 0.2) is 63.7 Å². The highest BCUT2D eigenvalue weighted by molar-refractivity contribution is 7.99. The normalized spacial score (nSPS) is 9.45. The molecule has 7 nitrogen and oxygen atoms in total. The van der Waals surface area contributed by atoms with Gasteiger partial charge in [-0.2, -0.15) is 0 Å². The summed E-state index contributed by atoms with van der Waals surface area (Å²) in [5, 5.41) is 7.02. The first-order valence-electron chi connectivity index (χ1n) is 6.38. The molecule has 0 aromatic heterocycles. The van der Waals surface area contributed by atoms with Crippen molar-refractivity contribution in [3.63, 3.8) is 0 Å². The number of rotatable bonds is 7. The van der Waals surface area contributed by atoms with Crippen LogP contribution in [0.3, 0.4) is 0 Å². The fourth-order valence-electron chi connectivity index (χ4n) is 1.64. The van der Waals surface area contributed by atoms with Crippen LogP contribution < -0.4 is 4.74 Å². The Morgan fingerprint density at radius 2 is 1.41 bits per heavy atom. The van der Waals surface area contributed by atoms with Crippen LogP contribution in [-0.2, 0) is 0 Å². The van der Waals surface area contributed by atoms with Crippen molar-refractivity contribution in [1.82, 2.24) is 0 Å². The highest BCUT2D eigenvalue weighted by atomic mass is 32.2. The maximum Gasteiger partial charge on any atom is 0.119 e. The lowest BCUT2D eigenvalue weighted by Crippen LogP contribution is -1.99. The summed E-state index contributed by atoms with van der Waals surface area (Å²) in [5.74, 6) is 1.52. The molecular weight excluding hydrogens is 300 g/mol. The molecule has 0 amide bonds. The maximum atomic E-state index is 8.33. The minimum Gasteiger partial charge on any atom is -0.493 e. The molecule has 0 N–H and O–H groups in total. The van der Waals surface area contributed by atoms with Crippen molar-refractivity contribution >= 4 is 23.1 Å². The SMILES string of the molecule is [N-]=[N+]=Nc1ccc(OCCSc2ccc(N=[N+]=[N-])cc2)cc1. The van der Waals surface area contributed by atoms with Crippen LogP contribution in [0.5, 0.6) is 5.75 Å². The topological polar surface area (TPSA) is 107 Å². The van der Waals surface area contributed by atoms with E-state index in [4.69, 9.17) is 15.8 Å². The molecule has 0 aliphatic rings. The summed E-state index contributed by atoms with van der Waals surface area (Å²) < 4.78 is 5.60. The molecule has 0 unspecified atom stereocenters. The fourth-order valence-corrected chi connectivity index (χ4v) is 2.37. The lowest BCUT2D eigenvalue weighted by Gasteiger charge is -2.06. The highest BCUT2D eigenvalue weighted by Crippen LogP contribution is 2.22. The number of azide groups is 2. The Kier molecular flexibility index (Phi) is 6.02. The Morgan fingerprint density at radius 3 is 1.95 bits per heavy atom. The van der Waals surface area contributed by atoms with E-state index >= 15 is 0 Å². The van der Waals surface area contributed by atoms with Gasteiger partial charge in [-0.05, 0) is 47.5 Å². The van der Waals surface area contributed by atoms with Crippen molar-refractivity contribution in [2.75, 3.05) is 12.4 Å². The summed E-state index contributed by atoms with van der Waals surface area (Å²) >= 11 is 1.65. The van der Waals surface area contributed by atoms with E-state index in [1.807, 2.05) is 12.1 Å². The summed E-state index contributed by atoms with van der Waals surface area (Å²) in [6.45, 7) is 0.559. The van der Waals surface area contributed by atoms with Gasteiger partial charge >= 0.3 is 0 Å². The summed E-state index contributed by atoms with van der Waals surface area (Å²) in [7, 11) is 0. The number of nitrogens with zero attached hydrogens (tertiary/aromatic N) is 6. The lowest BCUT2D eigenvalue weighted by atomic mass is 10.3. The minimum absolute atomic E-state index is 0.559. The van der Waals surface area contributed by atoms with E-state index in [1.165, 1.54) is 0 Å². The molecule has 2 rings (SSSR count). The van der Waals surface area contributed by atoms with Crippen LogP contribution >= 0.6 is 11.8 Å². The number of hydrogen-bond donors (Lipinski definition) is 0. The molecule has 0 aliphatic carbocycles. The zero-order valence-electron chi connectivity index (χ0n) is 11.5. The van der Waals surface area contributed by atoms with Gasteiger partial charge in [0.2, 0.25) is 0 Å². The Bertz CT molecular complexity index is 640. The van der Waals surface area contributed by atoms with Crippen LogP contribution in [-0.4, -0.2) is 12.4 Å². The van der Waals surface area contributed by atoms with Gasteiger partial charge in [0.15, 0.2) is 0 Å². The predicted octanol–water partition coefficient (Wildman–Crippen LogP) is 5.74. The van der Waals surface area contributed by atoms with Crippen LogP contribution in [0.25, 0.3) is 20.9 Å². The zero-order chi connectivity index (χ0) is 15.6. The van der Waals surface area contributed by atoms with Crippen molar-refractivity contribution in [2.24, 2.45) is 10.2 Å². The van der Waals surface area contributed by atoms with E-state index in [0.29, 0.717) is 18.0 Å². The van der Waals surface area contributed by atoms with E-state index in [1.54, 1.807) is 48.2 Å². The highest BCUT2D eigenvalue weighted by Gasteiger charge is 1.97. The summed E-state index contributed by atoms with van der Waals surface area (Å²) in [6, 6.07) is 14.3. The van der Waals surface area contributed by atoms with Gasteiger partial charge in [0.25, 0.3) is 0 Å². The first kappa shape index (κ1) is 15.6. The Balaban J connectivity index is 1.76. The largest absolute Gasteiger partial charge is 0.493 e. The van der Waals surface area contributed by atoms with Gasteiger partial charge < -0.3 is 4.74 Å². The van der Waals surface area contributed by atoms with E-state index in [9.17, 15) is 0 Å². The second-order valence-corrected chi connectivity index (χ2v) is 5.23. The van der Waals surface area contributed by atoms with Gasteiger partial charge in [0.1, 0.15) is 5.75 Å². The average molecular weight is 312 g/mol. The zero-order valence-corrected chi connectivity index (χ0v) is 12.3. The molecule has 0 saturated carbocycles. The molecule has 22 heavy (non-hydrogen) atoms. The van der Waals surface area contributed by atoms with Crippen LogP contribution in [0.4, 0.5) is 11.4 Å². The van der Waals surface area contributed by atoms with Crippen molar-refractivity contribution in [3.8, 4) is 5.75 Å². The van der Waals surface area contributed by atoms with Gasteiger partial charge in [-0.15, -0.1) is 11.8 Å². The first-order valence-corrected chi connectivity index (χ1v) is 7.36. The second-order valence-electron chi connectivity index (χ2n) is 4.06. The summed E-state index contributed by atoms with van der Waals surface area (Å²) in [5.41, 5.74) is 17.8. The first-order chi connectivity index (χ1) is 10.8. The minimum atomic E-state index is 0.559. The number of hydrogen-bond acceptors (Lipinski definition) is 4. The van der Waals surface area contributed by atoms with E-state index in [0.717, 1.165) is 16.4 Å². The molecule has 0 aliphatic heterocycles. The van der Waals surface area contributed by atoms with Gasteiger partial charge in [-0.1, -0.05) is 22.4 Å². The molecule has 2 aromatic rings. The van der Waals surface area contributed by atoms with Gasteiger partial charge in [0, 0.05) is 31.8 Å². The second kappa shape index (κ2) is 8.49. The van der Waals surface area contributed by atoms with Crippen LogP contribution in [0, 0.1) is 0 Å². The standard InChI is InChI=1S/C14H12N6OS/c15-19-17-11-1-5-13(6-2-11)21-9-10-22-14-7-3-12(4-8-14)18-20-16/h1-8H,9-10H2. The average Bonchev–Trinajstić information content (AvgIpc) is 2.55. The summed E-state index contributed by atoms with van der Waals surface area (Å²) in [6.07, 6.45) is 0. The molecule has 8 heteroatoms. The van der Waals surface area contributed by atoms with Crippen molar-refractivity contribution < 1.29 is 4.74 Å². The molecule has 110 valence electrons. The van der Waals surface area contributed by atoms with Crippen molar-refractivity contribution in [1.29, 1.82) is 0 Å². The molecule has 0 bridgehead atoms. The fraction of sp³-hybridized carbons (Fsp3) is 0.143. The third-order valence-corrected chi connectivity index (χ3v) is 3.59. The Labute approximate surface area is 131 Å². The van der Waals surface area contributed by atoms with Crippen molar-refractivity contribution in [3.05, 3.63) is 69.4 Å². The number of thioether (sulfide) groups is 1. The molecule has 0 heterocycles. The van der Waals surface area contributed by atoms with Gasteiger partial charge in [-0.25, -0.2) is 0 Å². The molecule has 0 radical (unpaired) electrons. The molecule has 2 aromatic carbocycles. The smallest absolute Gasteiger partial charge is 0.119 e. The lowest BCUT2D eigenvalue weighted by molar-refractivity contribution is 0.344. The van der Waals surface area contributed by atoms with Crippen LogP contribution in [0.1, 0.15) is 0 Å². The molecule has 0 saturated heterocycles. The quantitative estimate of drug-likeness (QED) is 0.213. The number of benzene rings is 2. The van der Waals surface area contributed by atoms with E-state index in [2.05, 4.69) is 20.1 Å². The van der Waals surface area contributed by atoms with E-state index in [-0.39, 0.29) is 0 Å². The number of ether oxygens (including phenoxy) is 1. The van der Waals surface area contributed by atoms with Gasteiger partial charge in [-0.3, -0.25) is 0 Å².